The molecule has 1 aromatic heterocycles. The highest BCUT2D eigenvalue weighted by molar-refractivity contribution is 6.76. The third kappa shape index (κ3) is 10.4. The van der Waals surface area contributed by atoms with Gasteiger partial charge in [-0.25, -0.2) is 9.48 Å². The molecule has 0 spiro atoms. The molecule has 5 aromatic rings. The van der Waals surface area contributed by atoms with E-state index < -0.39 is 50.2 Å². The van der Waals surface area contributed by atoms with Crippen LogP contribution < -0.4 is 5.32 Å². The van der Waals surface area contributed by atoms with Gasteiger partial charge in [0.25, 0.3) is 0 Å². The summed E-state index contributed by atoms with van der Waals surface area (Å²) in [5, 5.41) is 7.48. The fourth-order valence-corrected chi connectivity index (χ4v) is 8.72. The van der Waals surface area contributed by atoms with Gasteiger partial charge in [0.15, 0.2) is 5.79 Å². The molecule has 2 aliphatic heterocycles. The second-order valence-corrected chi connectivity index (χ2v) is 22.8. The number of halogens is 3. The highest BCUT2D eigenvalue weighted by atomic mass is 28.3. The molecule has 3 amide bonds. The van der Waals surface area contributed by atoms with Crippen LogP contribution in [0.2, 0.25) is 25.7 Å². The third-order valence-electron chi connectivity index (χ3n) is 10.9. The smallest absolute Gasteiger partial charge is 0.360 e. The SMILES string of the molecule is CC1(C)O[C@@H]2[C@@H](O1)[C@@H](Cc1ccccc1)N(Cc1ccc3c(cnn3COCC[Si](C)(C)C)c1)C(=O)N(Cc1cccc(NC(=O)C(F)(F)F)c1)[C@@H]2Cc1ccccc1. The molecule has 7 rings (SSSR count). The van der Waals surface area contributed by atoms with Crippen LogP contribution >= 0.6 is 0 Å². The molecule has 2 aliphatic rings. The number of ether oxygens (including phenoxy) is 3. The highest BCUT2D eigenvalue weighted by Crippen LogP contribution is 2.41. The van der Waals surface area contributed by atoms with Crippen molar-refractivity contribution in [2.24, 2.45) is 0 Å². The summed E-state index contributed by atoms with van der Waals surface area (Å²) in [4.78, 5) is 31.0. The molecule has 4 atom stereocenters. The van der Waals surface area contributed by atoms with Crippen molar-refractivity contribution in [1.82, 2.24) is 19.6 Å². The van der Waals surface area contributed by atoms with Crippen molar-refractivity contribution >= 4 is 36.6 Å². The van der Waals surface area contributed by atoms with E-state index in [4.69, 9.17) is 14.2 Å². The van der Waals surface area contributed by atoms with Gasteiger partial charge < -0.3 is 29.3 Å². The molecule has 312 valence electrons. The molecule has 0 bridgehead atoms. The number of benzene rings is 4. The predicted octanol–water partition coefficient (Wildman–Crippen LogP) is 9.03. The van der Waals surface area contributed by atoms with E-state index in [9.17, 15) is 18.0 Å². The van der Waals surface area contributed by atoms with Crippen molar-refractivity contribution in [1.29, 1.82) is 0 Å². The molecule has 0 unspecified atom stereocenters. The normalized spacial score (nSPS) is 20.8. The molecule has 14 heteroatoms. The molecule has 1 N–H and O–H groups in total. The molecule has 2 fully saturated rings. The van der Waals surface area contributed by atoms with E-state index in [1.54, 1.807) is 17.0 Å². The first kappa shape index (κ1) is 42.1. The van der Waals surface area contributed by atoms with Crippen LogP contribution in [0.1, 0.15) is 36.1 Å². The zero-order valence-electron chi connectivity index (χ0n) is 34.1. The molecule has 0 aliphatic carbocycles. The van der Waals surface area contributed by atoms with Crippen LogP contribution in [-0.2, 0) is 51.7 Å². The summed E-state index contributed by atoms with van der Waals surface area (Å²) in [7, 11) is -1.24. The summed E-state index contributed by atoms with van der Waals surface area (Å²) in [6.45, 7) is 12.0. The van der Waals surface area contributed by atoms with Crippen molar-refractivity contribution in [2.75, 3.05) is 11.9 Å². The Hall–Kier alpha value is -5.02. The number of nitrogens with zero attached hydrogens (tertiary/aromatic N) is 4. The van der Waals surface area contributed by atoms with E-state index in [0.717, 1.165) is 33.6 Å². The molecule has 4 aromatic carbocycles. The molecular formula is C45H52F3N5O5Si. The Morgan fingerprint density at radius 1 is 0.797 bits per heavy atom. The fourth-order valence-electron chi connectivity index (χ4n) is 7.96. The summed E-state index contributed by atoms with van der Waals surface area (Å²) in [5.74, 6) is -3.06. The average molecular weight is 828 g/mol. The number of carbonyl (C=O) groups is 2. The first-order chi connectivity index (χ1) is 28.0. The summed E-state index contributed by atoms with van der Waals surface area (Å²) in [6.07, 6.45) is -3.48. The van der Waals surface area contributed by atoms with Gasteiger partial charge >= 0.3 is 18.1 Å². The summed E-state index contributed by atoms with van der Waals surface area (Å²) < 4.78 is 61.2. The van der Waals surface area contributed by atoms with E-state index in [1.807, 2.05) is 114 Å². The van der Waals surface area contributed by atoms with E-state index in [0.29, 0.717) is 31.7 Å². The van der Waals surface area contributed by atoms with Gasteiger partial charge in [0.05, 0.1) is 23.8 Å². The minimum atomic E-state index is -5.06. The van der Waals surface area contributed by atoms with Crippen LogP contribution in [-0.4, -0.2) is 82.5 Å². The van der Waals surface area contributed by atoms with Gasteiger partial charge in [-0.3, -0.25) is 4.79 Å². The zero-order valence-corrected chi connectivity index (χ0v) is 35.1. The van der Waals surface area contributed by atoms with Gasteiger partial charge in [-0.05, 0) is 79.3 Å². The largest absolute Gasteiger partial charge is 0.471 e. The number of urea groups is 1. The first-order valence-electron chi connectivity index (χ1n) is 20.0. The number of nitrogens with one attached hydrogen (secondary N) is 1. The van der Waals surface area contributed by atoms with Gasteiger partial charge in [-0.2, -0.15) is 18.3 Å². The summed E-state index contributed by atoms with van der Waals surface area (Å²) in [5.41, 5.74) is 4.31. The van der Waals surface area contributed by atoms with Crippen molar-refractivity contribution in [3.8, 4) is 0 Å². The number of anilines is 1. The van der Waals surface area contributed by atoms with E-state index in [1.165, 1.54) is 12.1 Å². The molecular weight excluding hydrogens is 776 g/mol. The lowest BCUT2D eigenvalue weighted by Gasteiger charge is -2.37. The number of alkyl halides is 3. The van der Waals surface area contributed by atoms with Gasteiger partial charge in [-0.1, -0.05) is 98.5 Å². The Morgan fingerprint density at radius 2 is 1.36 bits per heavy atom. The number of carbonyl (C=O) groups excluding carboxylic acids is 2. The zero-order chi connectivity index (χ0) is 42.0. The molecule has 0 radical (unpaired) electrons. The van der Waals surface area contributed by atoms with Crippen molar-refractivity contribution in [2.45, 2.75) is 108 Å². The van der Waals surface area contributed by atoms with Gasteiger partial charge in [0, 0.05) is 38.8 Å². The fraction of sp³-hybridized carbons (Fsp3) is 0.400. The second kappa shape index (κ2) is 17.3. The van der Waals surface area contributed by atoms with Crippen LogP contribution in [0.4, 0.5) is 23.7 Å². The van der Waals surface area contributed by atoms with Gasteiger partial charge in [-0.15, -0.1) is 0 Å². The minimum absolute atomic E-state index is 0.0249. The van der Waals surface area contributed by atoms with Gasteiger partial charge in [0.1, 0.15) is 18.9 Å². The standard InChI is InChI=1S/C45H52F3N5O5Si/c1-44(2)57-40-38(25-31-13-8-6-9-14-31)51(28-33-17-12-18-36(24-33)50-42(54)45(46,47)48)43(55)52(39(41(40)58-44)26-32-15-10-7-11-16-32)29-34-19-20-37-35(23-34)27-49-53(37)30-56-21-22-59(3,4)5/h6-20,23-24,27,38-41H,21-22,25-26,28-30H2,1-5H3,(H,50,54)/t38-,39-,40+,41+/m1/s1. The third-order valence-corrected chi connectivity index (χ3v) is 12.6. The number of fused-ring (bicyclic) bond motifs is 2. The van der Waals surface area contributed by atoms with Crippen molar-refractivity contribution in [3.63, 3.8) is 0 Å². The topological polar surface area (TPSA) is 98.2 Å². The summed E-state index contributed by atoms with van der Waals surface area (Å²) in [6, 6.07) is 31.8. The Bertz CT molecular complexity index is 2230. The lowest BCUT2D eigenvalue weighted by atomic mass is 9.91. The van der Waals surface area contributed by atoms with Crippen molar-refractivity contribution in [3.05, 3.63) is 132 Å². The maximum absolute atomic E-state index is 15.5. The molecule has 3 heterocycles. The van der Waals surface area contributed by atoms with Crippen LogP contribution in [0.5, 0.6) is 0 Å². The maximum atomic E-state index is 15.5. The lowest BCUT2D eigenvalue weighted by molar-refractivity contribution is -0.167. The number of rotatable bonds is 14. The van der Waals surface area contributed by atoms with E-state index >= 15 is 4.79 Å². The molecule has 59 heavy (non-hydrogen) atoms. The van der Waals surface area contributed by atoms with Crippen molar-refractivity contribution < 1.29 is 37.0 Å². The Labute approximate surface area is 344 Å². The lowest BCUT2D eigenvalue weighted by Crippen LogP contribution is -2.51. The van der Waals surface area contributed by atoms with E-state index in [2.05, 4.69) is 24.7 Å². The molecule has 10 nitrogen and oxygen atoms in total. The average Bonchev–Trinajstić information content (AvgIpc) is 3.73. The molecule has 2 saturated heterocycles. The first-order valence-corrected chi connectivity index (χ1v) is 23.7. The minimum Gasteiger partial charge on any atom is -0.360 e. The van der Waals surface area contributed by atoms with Crippen LogP contribution in [0.25, 0.3) is 10.9 Å². The van der Waals surface area contributed by atoms with Crippen LogP contribution in [0, 0.1) is 0 Å². The maximum Gasteiger partial charge on any atom is 0.471 e. The van der Waals surface area contributed by atoms with Gasteiger partial charge in [0.2, 0.25) is 0 Å². The monoisotopic (exact) mass is 827 g/mol. The molecule has 0 saturated carbocycles. The second-order valence-electron chi connectivity index (χ2n) is 17.2. The Kier molecular flexibility index (Phi) is 12.3. The predicted molar refractivity (Wildman–Crippen MR) is 223 cm³/mol. The summed E-state index contributed by atoms with van der Waals surface area (Å²) >= 11 is 0. The number of aromatic nitrogens is 2. The number of hydrogen-bond acceptors (Lipinski definition) is 6. The van der Waals surface area contributed by atoms with E-state index in [-0.39, 0.29) is 24.8 Å². The highest BCUT2D eigenvalue weighted by Gasteiger charge is 2.55. The van der Waals surface area contributed by atoms with Crippen LogP contribution in [0.3, 0.4) is 0 Å². The van der Waals surface area contributed by atoms with Crippen LogP contribution in [0.15, 0.2) is 109 Å². The number of amides is 3. The number of hydrogen-bond donors (Lipinski definition) is 1. The Balaban J connectivity index is 1.28. The Morgan fingerprint density at radius 3 is 1.92 bits per heavy atom. The quantitative estimate of drug-likeness (QED) is 0.0887.